The second kappa shape index (κ2) is 22.2. The minimum absolute atomic E-state index is 0.0208. The highest BCUT2D eigenvalue weighted by atomic mass is 16.6. The zero-order chi connectivity index (χ0) is 41.2. The van der Waals surface area contributed by atoms with Gasteiger partial charge in [0.1, 0.15) is 29.0 Å². The molecule has 0 heterocycles. The smallest absolute Gasteiger partial charge is 0.410 e. The highest BCUT2D eigenvalue weighted by molar-refractivity contribution is 5.72. The maximum atomic E-state index is 13.3. The molecule has 4 amide bonds. The molecule has 308 valence electrons. The number of ether oxygens (including phenoxy) is 5. The molecule has 0 aliphatic heterocycles. The average molecular weight is 765 g/mol. The van der Waals surface area contributed by atoms with Crippen molar-refractivity contribution in [2.75, 3.05) is 45.8 Å². The van der Waals surface area contributed by atoms with Gasteiger partial charge < -0.3 is 43.7 Å². The van der Waals surface area contributed by atoms with E-state index < -0.39 is 52.7 Å². The highest BCUT2D eigenvalue weighted by Crippen LogP contribution is 2.15. The summed E-state index contributed by atoms with van der Waals surface area (Å²) in [4.78, 5) is 68.7. The van der Waals surface area contributed by atoms with Crippen LogP contribution < -0.4 is 5.32 Å². The van der Waals surface area contributed by atoms with E-state index >= 15 is 0 Å². The topological polar surface area (TPSA) is 153 Å². The van der Waals surface area contributed by atoms with Gasteiger partial charge in [-0.2, -0.15) is 0 Å². The average Bonchev–Trinajstić information content (AvgIpc) is 3.00. The van der Waals surface area contributed by atoms with Crippen molar-refractivity contribution in [1.29, 1.82) is 0 Å². The van der Waals surface area contributed by atoms with E-state index in [0.29, 0.717) is 51.9 Å². The first-order valence-electron chi connectivity index (χ1n) is 18.9. The fourth-order valence-electron chi connectivity index (χ4n) is 4.73. The van der Waals surface area contributed by atoms with Gasteiger partial charge in [0, 0.05) is 45.8 Å². The molecule has 0 aliphatic carbocycles. The number of carbonyl (C=O) groups is 5. The second-order valence-electron chi connectivity index (χ2n) is 17.1. The van der Waals surface area contributed by atoms with E-state index in [2.05, 4.69) is 5.32 Å². The first kappa shape index (κ1) is 47.8. The summed E-state index contributed by atoms with van der Waals surface area (Å²) in [6.07, 6.45) is -0.0659. The summed E-state index contributed by atoms with van der Waals surface area (Å²) in [6.45, 7) is 23.5. The van der Waals surface area contributed by atoms with Gasteiger partial charge in [0.25, 0.3) is 0 Å². The Bertz CT molecular complexity index is 1310. The molecule has 0 atom stereocenters. The van der Waals surface area contributed by atoms with Crippen molar-refractivity contribution < 1.29 is 47.7 Å². The highest BCUT2D eigenvalue weighted by Gasteiger charge is 2.26. The molecule has 0 saturated heterocycles. The molecule has 54 heavy (non-hydrogen) atoms. The van der Waals surface area contributed by atoms with Crippen molar-refractivity contribution in [3.8, 4) is 0 Å². The molecule has 14 heteroatoms. The molecule has 0 unspecified atom stereocenters. The Morgan fingerprint density at radius 1 is 0.519 bits per heavy atom. The van der Waals surface area contributed by atoms with Gasteiger partial charge in [-0.3, -0.25) is 4.79 Å². The number of hydrogen-bond acceptors (Lipinski definition) is 10. The van der Waals surface area contributed by atoms with E-state index in [1.807, 2.05) is 30.3 Å². The Morgan fingerprint density at radius 3 is 1.33 bits per heavy atom. The molecule has 0 spiro atoms. The molecule has 0 saturated carbocycles. The van der Waals surface area contributed by atoms with Crippen LogP contribution in [0.5, 0.6) is 0 Å². The largest absolute Gasteiger partial charge is 0.461 e. The number of esters is 1. The van der Waals surface area contributed by atoms with E-state index in [-0.39, 0.29) is 32.7 Å². The van der Waals surface area contributed by atoms with Crippen LogP contribution in [0.1, 0.15) is 121 Å². The predicted molar refractivity (Wildman–Crippen MR) is 207 cm³/mol. The SMILES string of the molecule is CC(C)(C)OC(=O)NCCCN(CCCCN(CCCN(CCC(=O)OCc1ccccc1)C(=O)OC(C)(C)C)C(=O)OC(C)(C)C)C(=O)OC(C)(C)C. The molecule has 0 aromatic heterocycles. The van der Waals surface area contributed by atoms with E-state index in [1.54, 1.807) is 92.9 Å². The van der Waals surface area contributed by atoms with Crippen LogP contribution in [0.2, 0.25) is 0 Å². The third-order valence-corrected chi connectivity index (χ3v) is 7.02. The molecule has 0 bridgehead atoms. The van der Waals surface area contributed by atoms with Crippen LogP contribution in [0.25, 0.3) is 0 Å². The lowest BCUT2D eigenvalue weighted by atomic mass is 10.2. The van der Waals surface area contributed by atoms with Gasteiger partial charge in [0.15, 0.2) is 0 Å². The fourth-order valence-corrected chi connectivity index (χ4v) is 4.73. The zero-order valence-electron chi connectivity index (χ0n) is 35.0. The van der Waals surface area contributed by atoms with Crippen LogP contribution in [-0.2, 0) is 35.1 Å². The fraction of sp³-hybridized carbons (Fsp3) is 0.725. The maximum absolute atomic E-state index is 13.3. The maximum Gasteiger partial charge on any atom is 0.410 e. The van der Waals surface area contributed by atoms with Gasteiger partial charge in [-0.1, -0.05) is 30.3 Å². The molecule has 0 radical (unpaired) electrons. The van der Waals surface area contributed by atoms with E-state index in [1.165, 1.54) is 4.90 Å². The number of unbranched alkanes of at least 4 members (excludes halogenated alkanes) is 1. The minimum Gasteiger partial charge on any atom is -0.461 e. The predicted octanol–water partition coefficient (Wildman–Crippen LogP) is 7.92. The number of nitrogens with zero attached hydrogens (tertiary/aromatic N) is 3. The molecule has 1 aromatic carbocycles. The van der Waals surface area contributed by atoms with Crippen LogP contribution in [0, 0.1) is 0 Å². The van der Waals surface area contributed by atoms with E-state index in [9.17, 15) is 24.0 Å². The Balaban J connectivity index is 2.88. The standard InChI is InChI=1S/C40H68N4O10/c1-37(2,3)51-33(46)41-23-18-26-42(34(47)52-38(4,5)6)24-16-17-25-43(35(48)53-39(7,8)9)27-19-28-44(36(49)54-40(10,11)12)29-22-32(45)50-30-31-20-14-13-15-21-31/h13-15,20-21H,16-19,22-30H2,1-12H3,(H,41,46). The summed E-state index contributed by atoms with van der Waals surface area (Å²) in [5.74, 6) is -0.442. The van der Waals surface area contributed by atoms with Crippen LogP contribution in [0.15, 0.2) is 30.3 Å². The van der Waals surface area contributed by atoms with Crippen molar-refractivity contribution >= 4 is 30.3 Å². The van der Waals surface area contributed by atoms with Gasteiger partial charge in [0.2, 0.25) is 0 Å². The first-order valence-corrected chi connectivity index (χ1v) is 18.9. The number of nitrogens with one attached hydrogen (secondary N) is 1. The Labute approximate surface area is 323 Å². The van der Waals surface area contributed by atoms with Crippen molar-refractivity contribution in [2.45, 2.75) is 144 Å². The lowest BCUT2D eigenvalue weighted by Crippen LogP contribution is -2.42. The molecule has 0 fully saturated rings. The molecular formula is C40H68N4O10. The molecule has 1 aromatic rings. The van der Waals surface area contributed by atoms with Crippen molar-refractivity contribution in [2.24, 2.45) is 0 Å². The van der Waals surface area contributed by atoms with Gasteiger partial charge in [-0.05, 0) is 114 Å². The first-order chi connectivity index (χ1) is 24.8. The second-order valence-corrected chi connectivity index (χ2v) is 17.1. The Hall–Kier alpha value is -4.23. The summed E-state index contributed by atoms with van der Waals surface area (Å²) in [6, 6.07) is 9.34. The lowest BCUT2D eigenvalue weighted by Gasteiger charge is -2.30. The van der Waals surface area contributed by atoms with Crippen LogP contribution >= 0.6 is 0 Å². The lowest BCUT2D eigenvalue weighted by molar-refractivity contribution is -0.145. The third-order valence-electron chi connectivity index (χ3n) is 7.02. The van der Waals surface area contributed by atoms with Crippen LogP contribution in [0.4, 0.5) is 19.2 Å². The van der Waals surface area contributed by atoms with Crippen molar-refractivity contribution in [1.82, 2.24) is 20.0 Å². The Kier molecular flexibility index (Phi) is 19.7. The van der Waals surface area contributed by atoms with Gasteiger partial charge >= 0.3 is 30.3 Å². The molecule has 1 N–H and O–H groups in total. The normalized spacial score (nSPS) is 11.9. The van der Waals surface area contributed by atoms with E-state index in [4.69, 9.17) is 23.7 Å². The quantitative estimate of drug-likeness (QED) is 0.0886. The van der Waals surface area contributed by atoms with Crippen LogP contribution in [-0.4, -0.2) is 113 Å². The number of alkyl carbamates (subject to hydrolysis) is 1. The van der Waals surface area contributed by atoms with E-state index in [0.717, 1.165) is 5.56 Å². The van der Waals surface area contributed by atoms with Crippen molar-refractivity contribution in [3.05, 3.63) is 35.9 Å². The van der Waals surface area contributed by atoms with Gasteiger partial charge in [0.05, 0.1) is 6.42 Å². The zero-order valence-corrected chi connectivity index (χ0v) is 35.0. The number of amides is 4. The summed E-state index contributed by atoms with van der Waals surface area (Å²) in [7, 11) is 0. The summed E-state index contributed by atoms with van der Waals surface area (Å²) in [5, 5.41) is 2.71. The van der Waals surface area contributed by atoms with Crippen LogP contribution in [0.3, 0.4) is 0 Å². The minimum atomic E-state index is -0.743. The summed E-state index contributed by atoms with van der Waals surface area (Å²) >= 11 is 0. The molecular weight excluding hydrogens is 696 g/mol. The van der Waals surface area contributed by atoms with Gasteiger partial charge in [-0.25, -0.2) is 19.2 Å². The molecule has 0 aliphatic rings. The van der Waals surface area contributed by atoms with Gasteiger partial charge in [-0.15, -0.1) is 0 Å². The van der Waals surface area contributed by atoms with Crippen molar-refractivity contribution in [3.63, 3.8) is 0 Å². The number of rotatable bonds is 18. The third kappa shape index (κ3) is 24.2. The number of hydrogen-bond donors (Lipinski definition) is 1. The monoisotopic (exact) mass is 764 g/mol. The number of benzene rings is 1. The summed E-state index contributed by atoms with van der Waals surface area (Å²) < 4.78 is 27.6. The summed E-state index contributed by atoms with van der Waals surface area (Å²) in [5.41, 5.74) is -1.91. The Morgan fingerprint density at radius 2 is 0.907 bits per heavy atom. The molecule has 1 rings (SSSR count). The molecule has 14 nitrogen and oxygen atoms in total. The number of carbonyl (C=O) groups excluding carboxylic acids is 5.